The SMILES string of the molecule is COc1ccc(-n2c(C)cc(C(=O)COC(=O)Cn3c(C(F)(F)F)nc4ccccc43)c2C)cc1. The molecule has 0 fully saturated rings. The Morgan fingerprint density at radius 1 is 1.03 bits per heavy atom. The van der Waals surface area contributed by atoms with Gasteiger partial charge < -0.3 is 18.6 Å². The molecule has 0 saturated carbocycles. The van der Waals surface area contributed by atoms with Gasteiger partial charge in [0.1, 0.15) is 12.3 Å². The van der Waals surface area contributed by atoms with Gasteiger partial charge in [-0.2, -0.15) is 13.2 Å². The smallest absolute Gasteiger partial charge is 0.449 e. The number of carbonyl (C=O) groups is 2. The second-order valence-corrected chi connectivity index (χ2v) is 7.91. The number of para-hydroxylation sites is 2. The van der Waals surface area contributed by atoms with Crippen molar-refractivity contribution in [1.82, 2.24) is 14.1 Å². The van der Waals surface area contributed by atoms with Crippen LogP contribution in [-0.2, 0) is 22.3 Å². The van der Waals surface area contributed by atoms with E-state index in [1.54, 1.807) is 44.4 Å². The quantitative estimate of drug-likeness (QED) is 0.275. The van der Waals surface area contributed by atoms with Crippen molar-refractivity contribution in [2.45, 2.75) is 26.6 Å². The van der Waals surface area contributed by atoms with E-state index in [1.165, 1.54) is 12.1 Å². The van der Waals surface area contributed by atoms with Gasteiger partial charge in [-0.3, -0.25) is 9.59 Å². The third kappa shape index (κ3) is 4.77. The zero-order valence-corrected chi connectivity index (χ0v) is 19.2. The highest BCUT2D eigenvalue weighted by atomic mass is 19.4. The molecule has 0 aliphatic rings. The number of carbonyl (C=O) groups excluding carboxylic acids is 2. The zero-order chi connectivity index (χ0) is 25.3. The predicted molar refractivity (Wildman–Crippen MR) is 122 cm³/mol. The fourth-order valence-corrected chi connectivity index (χ4v) is 4.02. The van der Waals surface area contributed by atoms with Crippen LogP contribution in [0.15, 0.2) is 54.6 Å². The van der Waals surface area contributed by atoms with Gasteiger partial charge in [-0.15, -0.1) is 0 Å². The highest BCUT2D eigenvalue weighted by molar-refractivity contribution is 5.99. The summed E-state index contributed by atoms with van der Waals surface area (Å²) in [4.78, 5) is 28.8. The molecule has 35 heavy (non-hydrogen) atoms. The molecule has 0 saturated heterocycles. The van der Waals surface area contributed by atoms with Gasteiger partial charge in [-0.1, -0.05) is 12.1 Å². The molecule has 4 rings (SSSR count). The molecule has 7 nitrogen and oxygen atoms in total. The molecule has 0 amide bonds. The van der Waals surface area contributed by atoms with Crippen molar-refractivity contribution in [1.29, 1.82) is 0 Å². The summed E-state index contributed by atoms with van der Waals surface area (Å²) in [5, 5.41) is 0. The standard InChI is InChI=1S/C25H22F3N3O4/c1-15-12-19(16(2)31(15)17-8-10-18(34-3)11-9-17)22(32)14-35-23(33)13-30-21-7-5-4-6-20(21)29-24(30)25(26,27)28/h4-12H,13-14H2,1-3H3. The number of esters is 1. The first-order chi connectivity index (χ1) is 16.6. The van der Waals surface area contributed by atoms with Gasteiger partial charge in [0.05, 0.1) is 18.1 Å². The summed E-state index contributed by atoms with van der Waals surface area (Å²) in [5.41, 5.74) is 2.87. The van der Waals surface area contributed by atoms with Crippen molar-refractivity contribution >= 4 is 22.8 Å². The number of ketones is 1. The first-order valence-corrected chi connectivity index (χ1v) is 10.6. The number of hydrogen-bond acceptors (Lipinski definition) is 5. The van der Waals surface area contributed by atoms with Crippen molar-refractivity contribution in [2.75, 3.05) is 13.7 Å². The van der Waals surface area contributed by atoms with Gasteiger partial charge in [0.25, 0.3) is 0 Å². The Bertz CT molecular complexity index is 1400. The lowest BCUT2D eigenvalue weighted by atomic mass is 10.1. The molecule has 0 bridgehead atoms. The van der Waals surface area contributed by atoms with Crippen LogP contribution in [0.1, 0.15) is 27.6 Å². The van der Waals surface area contributed by atoms with E-state index in [0.29, 0.717) is 17.0 Å². The largest absolute Gasteiger partial charge is 0.497 e. The van der Waals surface area contributed by atoms with Gasteiger partial charge in [0.15, 0.2) is 6.61 Å². The van der Waals surface area contributed by atoms with Crippen LogP contribution in [0, 0.1) is 13.8 Å². The molecule has 0 atom stereocenters. The van der Waals surface area contributed by atoms with Gasteiger partial charge in [-0.05, 0) is 56.3 Å². The van der Waals surface area contributed by atoms with Gasteiger partial charge >= 0.3 is 12.1 Å². The molecular formula is C25H22F3N3O4. The number of halogens is 3. The number of rotatable bonds is 7. The third-order valence-electron chi connectivity index (χ3n) is 5.62. The van der Waals surface area contributed by atoms with E-state index in [-0.39, 0.29) is 11.0 Å². The number of ether oxygens (including phenoxy) is 2. The average molecular weight is 485 g/mol. The lowest BCUT2D eigenvalue weighted by Gasteiger charge is -2.12. The molecule has 0 aliphatic carbocycles. The van der Waals surface area contributed by atoms with Gasteiger partial charge in [-0.25, -0.2) is 4.98 Å². The van der Waals surface area contributed by atoms with Crippen LogP contribution in [0.5, 0.6) is 5.75 Å². The molecule has 10 heteroatoms. The number of methoxy groups -OCH3 is 1. The average Bonchev–Trinajstić information content (AvgIpc) is 3.34. The lowest BCUT2D eigenvalue weighted by Crippen LogP contribution is -2.22. The van der Waals surface area contributed by atoms with Gasteiger partial charge in [0, 0.05) is 22.6 Å². The molecule has 4 aromatic rings. The maximum absolute atomic E-state index is 13.4. The van der Waals surface area contributed by atoms with Crippen LogP contribution in [0.3, 0.4) is 0 Å². The molecule has 2 aromatic carbocycles. The zero-order valence-electron chi connectivity index (χ0n) is 19.2. The van der Waals surface area contributed by atoms with Crippen LogP contribution < -0.4 is 4.74 Å². The summed E-state index contributed by atoms with van der Waals surface area (Å²) in [6.45, 7) is 2.27. The number of alkyl halides is 3. The van der Waals surface area contributed by atoms with Crippen molar-refractivity contribution in [3.8, 4) is 11.4 Å². The molecule has 0 unspecified atom stereocenters. The number of Topliss-reactive ketones (excluding diaryl/α,β-unsaturated/α-hetero) is 1. The molecule has 182 valence electrons. The fourth-order valence-electron chi connectivity index (χ4n) is 4.02. The maximum atomic E-state index is 13.4. The molecule has 0 aliphatic heterocycles. The van der Waals surface area contributed by atoms with Gasteiger partial charge in [0.2, 0.25) is 11.6 Å². The summed E-state index contributed by atoms with van der Waals surface area (Å²) in [7, 11) is 1.57. The predicted octanol–water partition coefficient (Wildman–Crippen LogP) is 4.90. The number of aromatic nitrogens is 3. The Kier molecular flexibility index (Phi) is 6.38. The Morgan fingerprint density at radius 3 is 2.37 bits per heavy atom. The Balaban J connectivity index is 1.49. The number of imidazole rings is 1. The topological polar surface area (TPSA) is 75.3 Å². The van der Waals surface area contributed by atoms with E-state index in [4.69, 9.17) is 9.47 Å². The van der Waals surface area contributed by atoms with Crippen LogP contribution in [-0.4, -0.2) is 39.6 Å². The van der Waals surface area contributed by atoms with E-state index in [1.807, 2.05) is 23.6 Å². The molecule has 0 radical (unpaired) electrons. The second kappa shape index (κ2) is 9.28. The van der Waals surface area contributed by atoms with Crippen LogP contribution in [0.4, 0.5) is 13.2 Å². The highest BCUT2D eigenvalue weighted by Gasteiger charge is 2.38. The molecule has 0 spiro atoms. The number of hydrogen-bond donors (Lipinski definition) is 0. The summed E-state index contributed by atoms with van der Waals surface area (Å²) in [6.07, 6.45) is -4.76. The number of benzene rings is 2. The Labute approximate surface area is 198 Å². The molecule has 2 aromatic heterocycles. The second-order valence-electron chi connectivity index (χ2n) is 7.91. The number of aryl methyl sites for hydroxylation is 1. The summed E-state index contributed by atoms with van der Waals surface area (Å²) in [6, 6.07) is 14.9. The minimum absolute atomic E-state index is 0.106. The lowest BCUT2D eigenvalue weighted by molar-refractivity contribution is -0.150. The molecule has 2 heterocycles. The van der Waals surface area contributed by atoms with E-state index in [0.717, 1.165) is 15.9 Å². The van der Waals surface area contributed by atoms with Crippen molar-refractivity contribution in [3.63, 3.8) is 0 Å². The van der Waals surface area contributed by atoms with E-state index in [2.05, 4.69) is 4.98 Å². The monoisotopic (exact) mass is 485 g/mol. The maximum Gasteiger partial charge on any atom is 0.449 e. The summed E-state index contributed by atoms with van der Waals surface area (Å²) < 4.78 is 53.2. The van der Waals surface area contributed by atoms with E-state index < -0.39 is 36.9 Å². The number of nitrogens with zero attached hydrogens (tertiary/aromatic N) is 3. The summed E-state index contributed by atoms with van der Waals surface area (Å²) >= 11 is 0. The van der Waals surface area contributed by atoms with Crippen LogP contribution >= 0.6 is 0 Å². The first kappa shape index (κ1) is 24.1. The highest BCUT2D eigenvalue weighted by Crippen LogP contribution is 2.31. The van der Waals surface area contributed by atoms with Crippen molar-refractivity contribution in [3.05, 3.63) is 77.4 Å². The molecular weight excluding hydrogens is 463 g/mol. The van der Waals surface area contributed by atoms with Crippen molar-refractivity contribution in [2.24, 2.45) is 0 Å². The van der Waals surface area contributed by atoms with E-state index in [9.17, 15) is 22.8 Å². The fraction of sp³-hybridized carbons (Fsp3) is 0.240. The number of fused-ring (bicyclic) bond motifs is 1. The van der Waals surface area contributed by atoms with Crippen molar-refractivity contribution < 1.29 is 32.2 Å². The van der Waals surface area contributed by atoms with Crippen LogP contribution in [0.25, 0.3) is 16.7 Å². The third-order valence-corrected chi connectivity index (χ3v) is 5.62. The first-order valence-electron chi connectivity index (χ1n) is 10.6. The molecule has 0 N–H and O–H groups in total. The minimum atomic E-state index is -4.76. The Morgan fingerprint density at radius 2 is 1.71 bits per heavy atom. The normalized spacial score (nSPS) is 11.6. The van der Waals surface area contributed by atoms with E-state index >= 15 is 0 Å². The minimum Gasteiger partial charge on any atom is -0.497 e. The van der Waals surface area contributed by atoms with Crippen LogP contribution in [0.2, 0.25) is 0 Å². The Hall–Kier alpha value is -4.08. The summed E-state index contributed by atoms with van der Waals surface area (Å²) in [5.74, 6) is -1.95.